The number of hydrogen-bond donors (Lipinski definition) is 0. The second-order valence-corrected chi connectivity index (χ2v) is 3.54. The first-order valence-electron chi connectivity index (χ1n) is 4.95. The first-order chi connectivity index (χ1) is 7.98. The first kappa shape index (κ1) is 11.6. The highest BCUT2D eigenvalue weighted by molar-refractivity contribution is 5.63. The van der Waals surface area contributed by atoms with Crippen molar-refractivity contribution in [2.45, 2.75) is 13.1 Å². The molecular weight excluding hydrogens is 229 g/mol. The Bertz CT molecular complexity index is 521. The molecule has 2 nitrogen and oxygen atoms in total. The molecule has 0 spiro atoms. The van der Waals surface area contributed by atoms with Gasteiger partial charge in [0.2, 0.25) is 0 Å². The van der Waals surface area contributed by atoms with E-state index in [0.717, 1.165) is 6.20 Å². The van der Waals surface area contributed by atoms with Gasteiger partial charge in [-0.05, 0) is 6.92 Å². The molecule has 88 valence electrons. The van der Waals surface area contributed by atoms with Crippen LogP contribution in [0.3, 0.4) is 0 Å². The normalized spacial score (nSPS) is 11.5. The Morgan fingerprint density at radius 1 is 1.06 bits per heavy atom. The molecule has 0 aliphatic carbocycles. The van der Waals surface area contributed by atoms with Crippen LogP contribution in [0.25, 0.3) is 11.3 Å². The molecule has 0 unspecified atom stereocenters. The summed E-state index contributed by atoms with van der Waals surface area (Å²) in [5, 5.41) is 0. The van der Waals surface area contributed by atoms with Gasteiger partial charge in [0.25, 0.3) is 0 Å². The minimum Gasteiger partial charge on any atom is -0.241 e. The third kappa shape index (κ3) is 2.43. The van der Waals surface area contributed by atoms with Gasteiger partial charge in [-0.3, -0.25) is 0 Å². The zero-order chi connectivity index (χ0) is 12.5. The van der Waals surface area contributed by atoms with Crippen molar-refractivity contribution in [2.24, 2.45) is 0 Å². The fourth-order valence-electron chi connectivity index (χ4n) is 1.49. The molecule has 0 saturated heterocycles. The summed E-state index contributed by atoms with van der Waals surface area (Å²) in [6, 6.07) is 8.28. The molecule has 1 aromatic heterocycles. The van der Waals surface area contributed by atoms with Gasteiger partial charge in [0.05, 0.1) is 5.69 Å². The number of rotatable bonds is 1. The maximum absolute atomic E-state index is 12.8. The number of hydrogen-bond acceptors (Lipinski definition) is 2. The summed E-state index contributed by atoms with van der Waals surface area (Å²) in [5.41, 5.74) is -0.453. The molecule has 0 aliphatic heterocycles. The molecule has 0 amide bonds. The van der Waals surface area contributed by atoms with Gasteiger partial charge in [0.1, 0.15) is 11.4 Å². The number of aryl methyl sites for hydroxylation is 1. The van der Waals surface area contributed by atoms with Crippen molar-refractivity contribution in [3.05, 3.63) is 47.9 Å². The van der Waals surface area contributed by atoms with E-state index in [0.29, 0.717) is 11.4 Å². The van der Waals surface area contributed by atoms with E-state index in [1.807, 2.05) is 0 Å². The summed E-state index contributed by atoms with van der Waals surface area (Å²) in [6.07, 6.45) is -3.62. The van der Waals surface area contributed by atoms with Crippen LogP contribution in [-0.4, -0.2) is 9.97 Å². The lowest BCUT2D eigenvalue weighted by molar-refractivity contribution is -0.137. The van der Waals surface area contributed by atoms with Gasteiger partial charge >= 0.3 is 6.18 Å². The van der Waals surface area contributed by atoms with Gasteiger partial charge in [-0.25, -0.2) is 9.97 Å². The van der Waals surface area contributed by atoms with Crippen LogP contribution in [0.4, 0.5) is 13.2 Å². The topological polar surface area (TPSA) is 25.8 Å². The Balaban J connectivity index is 2.64. The Kier molecular flexibility index (Phi) is 2.83. The van der Waals surface area contributed by atoms with Crippen molar-refractivity contribution in [3.8, 4) is 11.3 Å². The zero-order valence-electron chi connectivity index (χ0n) is 8.99. The number of alkyl halides is 3. The lowest BCUT2D eigenvalue weighted by Crippen LogP contribution is -2.10. The highest BCUT2D eigenvalue weighted by Gasteiger charge is 2.35. The van der Waals surface area contributed by atoms with Crippen LogP contribution in [0.2, 0.25) is 0 Å². The first-order valence-corrected chi connectivity index (χ1v) is 4.95. The molecule has 2 rings (SSSR count). The molecule has 17 heavy (non-hydrogen) atoms. The minimum atomic E-state index is -4.45. The second-order valence-electron chi connectivity index (χ2n) is 3.54. The van der Waals surface area contributed by atoms with Crippen molar-refractivity contribution in [1.29, 1.82) is 0 Å². The maximum Gasteiger partial charge on any atom is 0.419 e. The Morgan fingerprint density at radius 2 is 1.71 bits per heavy atom. The van der Waals surface area contributed by atoms with Gasteiger partial charge in [0, 0.05) is 11.8 Å². The van der Waals surface area contributed by atoms with Crippen molar-refractivity contribution >= 4 is 0 Å². The molecule has 0 saturated carbocycles. The monoisotopic (exact) mass is 238 g/mol. The molecule has 1 heterocycles. The quantitative estimate of drug-likeness (QED) is 0.760. The minimum absolute atomic E-state index is 0.0781. The smallest absolute Gasteiger partial charge is 0.241 e. The molecule has 0 atom stereocenters. The third-order valence-electron chi connectivity index (χ3n) is 2.26. The predicted molar refractivity (Wildman–Crippen MR) is 57.2 cm³/mol. The summed E-state index contributed by atoms with van der Waals surface area (Å²) in [4.78, 5) is 7.48. The van der Waals surface area contributed by atoms with Crippen LogP contribution in [0.1, 0.15) is 11.4 Å². The third-order valence-corrected chi connectivity index (χ3v) is 2.26. The number of benzene rings is 1. The summed E-state index contributed by atoms with van der Waals surface area (Å²) < 4.78 is 38.4. The Labute approximate surface area is 96.2 Å². The van der Waals surface area contributed by atoms with E-state index in [2.05, 4.69) is 9.97 Å². The molecule has 0 aliphatic rings. The maximum atomic E-state index is 12.8. The summed E-state index contributed by atoms with van der Waals surface area (Å²) in [5.74, 6) is 0.317. The molecule has 2 aromatic rings. The van der Waals surface area contributed by atoms with Crippen LogP contribution in [0, 0.1) is 6.92 Å². The number of nitrogens with zero attached hydrogens (tertiary/aromatic N) is 2. The van der Waals surface area contributed by atoms with E-state index in [9.17, 15) is 13.2 Å². The summed E-state index contributed by atoms with van der Waals surface area (Å²) in [6.45, 7) is 1.56. The van der Waals surface area contributed by atoms with E-state index in [-0.39, 0.29) is 5.69 Å². The fourth-order valence-corrected chi connectivity index (χ4v) is 1.49. The van der Waals surface area contributed by atoms with E-state index >= 15 is 0 Å². The lowest BCUT2D eigenvalue weighted by atomic mass is 10.1. The molecule has 0 fully saturated rings. The van der Waals surface area contributed by atoms with E-state index in [1.54, 1.807) is 37.3 Å². The van der Waals surface area contributed by atoms with Crippen LogP contribution >= 0.6 is 0 Å². The van der Waals surface area contributed by atoms with Crippen molar-refractivity contribution < 1.29 is 13.2 Å². The van der Waals surface area contributed by atoms with Gasteiger partial charge in [0.15, 0.2) is 0 Å². The average Bonchev–Trinajstić information content (AvgIpc) is 2.28. The predicted octanol–water partition coefficient (Wildman–Crippen LogP) is 3.47. The van der Waals surface area contributed by atoms with Gasteiger partial charge < -0.3 is 0 Å². The summed E-state index contributed by atoms with van der Waals surface area (Å²) in [7, 11) is 0. The Hall–Kier alpha value is -1.91. The van der Waals surface area contributed by atoms with Crippen LogP contribution in [0.15, 0.2) is 36.5 Å². The fraction of sp³-hybridized carbons (Fsp3) is 0.167. The molecule has 1 aromatic carbocycles. The van der Waals surface area contributed by atoms with Crippen LogP contribution in [-0.2, 0) is 6.18 Å². The largest absolute Gasteiger partial charge is 0.419 e. The van der Waals surface area contributed by atoms with Crippen molar-refractivity contribution in [1.82, 2.24) is 9.97 Å². The molecule has 0 bridgehead atoms. The lowest BCUT2D eigenvalue weighted by Gasteiger charge is -2.11. The van der Waals surface area contributed by atoms with E-state index in [1.165, 1.54) is 0 Å². The highest BCUT2D eigenvalue weighted by Crippen LogP contribution is 2.35. The van der Waals surface area contributed by atoms with Crippen molar-refractivity contribution in [2.75, 3.05) is 0 Å². The van der Waals surface area contributed by atoms with E-state index in [4.69, 9.17) is 0 Å². The van der Waals surface area contributed by atoms with Crippen LogP contribution < -0.4 is 0 Å². The molecular formula is C12H9F3N2. The average molecular weight is 238 g/mol. The molecule has 0 N–H and O–H groups in total. The second kappa shape index (κ2) is 4.16. The summed E-state index contributed by atoms with van der Waals surface area (Å²) >= 11 is 0. The number of halogens is 3. The van der Waals surface area contributed by atoms with Gasteiger partial charge in [-0.15, -0.1) is 0 Å². The van der Waals surface area contributed by atoms with Gasteiger partial charge in [-0.1, -0.05) is 30.3 Å². The standard InChI is InChI=1S/C12H9F3N2/c1-8-16-7-10(12(13,14)15)11(17-8)9-5-3-2-4-6-9/h2-7H,1H3. The van der Waals surface area contributed by atoms with Gasteiger partial charge in [-0.2, -0.15) is 13.2 Å². The number of aromatic nitrogens is 2. The van der Waals surface area contributed by atoms with Crippen LogP contribution in [0.5, 0.6) is 0 Å². The zero-order valence-corrected chi connectivity index (χ0v) is 8.99. The highest BCUT2D eigenvalue weighted by atomic mass is 19.4. The molecule has 5 heteroatoms. The van der Waals surface area contributed by atoms with Crippen molar-refractivity contribution in [3.63, 3.8) is 0 Å². The molecule has 0 radical (unpaired) electrons. The SMILES string of the molecule is Cc1ncc(C(F)(F)F)c(-c2ccccc2)n1. The Morgan fingerprint density at radius 3 is 2.29 bits per heavy atom. The van der Waals surface area contributed by atoms with E-state index < -0.39 is 11.7 Å².